The highest BCUT2D eigenvalue weighted by molar-refractivity contribution is 14.0. The predicted molar refractivity (Wildman–Crippen MR) is 121 cm³/mol. The van der Waals surface area contributed by atoms with Crippen LogP contribution in [-0.2, 0) is 11.3 Å². The molecule has 0 saturated carbocycles. The standard InChI is InChI=1S/C19H31N7O2.HI/c1-5-21-19(22-11-17-23-18(24-28-17)15(4)27-6-2)25-9-7-14(3)16(12-25)26-10-8-20-13-26;/h8,10,13-16H,5-7,9,11-12H2,1-4H3,(H,21,22);1H. The van der Waals surface area contributed by atoms with Crippen LogP contribution in [0.5, 0.6) is 0 Å². The predicted octanol–water partition coefficient (Wildman–Crippen LogP) is 3.03. The van der Waals surface area contributed by atoms with Crippen molar-refractivity contribution in [2.75, 3.05) is 26.2 Å². The molecule has 10 heteroatoms. The van der Waals surface area contributed by atoms with E-state index in [4.69, 9.17) is 14.3 Å². The molecule has 0 amide bonds. The highest BCUT2D eigenvalue weighted by Crippen LogP contribution is 2.27. The van der Waals surface area contributed by atoms with E-state index in [1.54, 1.807) is 0 Å². The van der Waals surface area contributed by atoms with E-state index in [9.17, 15) is 0 Å². The Bertz CT molecular complexity index is 750. The average molecular weight is 517 g/mol. The van der Waals surface area contributed by atoms with Gasteiger partial charge in [0.2, 0.25) is 5.89 Å². The van der Waals surface area contributed by atoms with Gasteiger partial charge in [-0.3, -0.25) is 0 Å². The van der Waals surface area contributed by atoms with Gasteiger partial charge in [-0.05, 0) is 33.1 Å². The average Bonchev–Trinajstić information content (AvgIpc) is 3.38. The fourth-order valence-electron chi connectivity index (χ4n) is 3.49. The molecule has 3 rings (SSSR count). The van der Waals surface area contributed by atoms with Gasteiger partial charge in [-0.15, -0.1) is 24.0 Å². The summed E-state index contributed by atoms with van der Waals surface area (Å²) in [5, 5.41) is 7.39. The third-order valence-corrected chi connectivity index (χ3v) is 5.09. The first-order valence-electron chi connectivity index (χ1n) is 10.1. The highest BCUT2D eigenvalue weighted by atomic mass is 127. The molecule has 162 valence electrons. The molecule has 0 radical (unpaired) electrons. The molecule has 0 spiro atoms. The van der Waals surface area contributed by atoms with Crippen molar-refractivity contribution < 1.29 is 9.26 Å². The number of piperidine rings is 1. The third kappa shape index (κ3) is 6.14. The number of halogens is 1. The number of hydrogen-bond donors (Lipinski definition) is 1. The topological polar surface area (TPSA) is 93.6 Å². The van der Waals surface area contributed by atoms with Gasteiger partial charge in [0.15, 0.2) is 11.8 Å². The van der Waals surface area contributed by atoms with Gasteiger partial charge in [0.25, 0.3) is 0 Å². The third-order valence-electron chi connectivity index (χ3n) is 5.09. The van der Waals surface area contributed by atoms with E-state index in [0.717, 1.165) is 32.0 Å². The molecule has 1 fully saturated rings. The number of guanidine groups is 1. The van der Waals surface area contributed by atoms with E-state index in [-0.39, 0.29) is 30.1 Å². The molecule has 1 N–H and O–H groups in total. The van der Waals surface area contributed by atoms with Crippen LogP contribution in [0.1, 0.15) is 58.0 Å². The fourth-order valence-corrected chi connectivity index (χ4v) is 3.49. The second-order valence-corrected chi connectivity index (χ2v) is 7.10. The van der Waals surface area contributed by atoms with Gasteiger partial charge >= 0.3 is 0 Å². The van der Waals surface area contributed by atoms with Crippen LogP contribution < -0.4 is 5.32 Å². The molecule has 2 aromatic rings. The molecule has 9 nitrogen and oxygen atoms in total. The van der Waals surface area contributed by atoms with Gasteiger partial charge in [-0.25, -0.2) is 9.98 Å². The molecule has 0 aliphatic carbocycles. The number of aromatic nitrogens is 4. The summed E-state index contributed by atoms with van der Waals surface area (Å²) < 4.78 is 13.0. The Morgan fingerprint density at radius 1 is 1.45 bits per heavy atom. The largest absolute Gasteiger partial charge is 0.371 e. The maximum absolute atomic E-state index is 5.51. The van der Waals surface area contributed by atoms with Crippen LogP contribution in [0.25, 0.3) is 0 Å². The van der Waals surface area contributed by atoms with E-state index in [1.807, 2.05) is 32.6 Å². The summed E-state index contributed by atoms with van der Waals surface area (Å²) in [6.45, 7) is 11.8. The molecule has 1 aliphatic rings. The zero-order chi connectivity index (χ0) is 19.9. The number of likely N-dealkylation sites (tertiary alicyclic amines) is 1. The molecule has 1 aliphatic heterocycles. The van der Waals surface area contributed by atoms with Crippen molar-refractivity contribution in [1.82, 2.24) is 29.9 Å². The first kappa shape index (κ1) is 23.6. The minimum atomic E-state index is -0.181. The van der Waals surface area contributed by atoms with Crippen LogP contribution in [0.4, 0.5) is 0 Å². The van der Waals surface area contributed by atoms with Crippen molar-refractivity contribution >= 4 is 29.9 Å². The molecule has 0 aromatic carbocycles. The van der Waals surface area contributed by atoms with Crippen LogP contribution in [0.15, 0.2) is 28.2 Å². The van der Waals surface area contributed by atoms with Crippen molar-refractivity contribution in [2.24, 2.45) is 10.9 Å². The van der Waals surface area contributed by atoms with E-state index in [1.165, 1.54) is 0 Å². The van der Waals surface area contributed by atoms with Crippen molar-refractivity contribution in [3.8, 4) is 0 Å². The number of aliphatic imine (C=N–C) groups is 1. The Balaban J connectivity index is 0.00000300. The van der Waals surface area contributed by atoms with Crippen LogP contribution in [0.3, 0.4) is 0 Å². The lowest BCUT2D eigenvalue weighted by Gasteiger charge is -2.39. The van der Waals surface area contributed by atoms with Crippen molar-refractivity contribution in [1.29, 1.82) is 0 Å². The minimum absolute atomic E-state index is 0. The number of nitrogens with one attached hydrogen (secondary N) is 1. The SMILES string of the molecule is CCNC(=NCc1nc(C(C)OCC)no1)N1CCC(C)C(n2ccnc2)C1.I. The number of imidazole rings is 1. The Hall–Kier alpha value is -1.69. The van der Waals surface area contributed by atoms with Crippen LogP contribution in [0, 0.1) is 5.92 Å². The first-order chi connectivity index (χ1) is 13.6. The Kier molecular flexibility index (Phi) is 9.34. The molecule has 2 aromatic heterocycles. The monoisotopic (exact) mass is 517 g/mol. The number of rotatable bonds is 7. The molecule has 3 unspecified atom stereocenters. The highest BCUT2D eigenvalue weighted by Gasteiger charge is 2.29. The summed E-state index contributed by atoms with van der Waals surface area (Å²) in [6, 6.07) is 0.377. The summed E-state index contributed by atoms with van der Waals surface area (Å²) >= 11 is 0. The number of ether oxygens (including phenoxy) is 1. The Labute approximate surface area is 189 Å². The zero-order valence-electron chi connectivity index (χ0n) is 17.6. The van der Waals surface area contributed by atoms with Crippen LogP contribution in [0.2, 0.25) is 0 Å². The van der Waals surface area contributed by atoms with E-state index in [0.29, 0.717) is 36.8 Å². The lowest BCUT2D eigenvalue weighted by Crippen LogP contribution is -2.49. The molecule has 29 heavy (non-hydrogen) atoms. The number of hydrogen-bond acceptors (Lipinski definition) is 6. The quantitative estimate of drug-likeness (QED) is 0.343. The molecule has 0 bridgehead atoms. The first-order valence-corrected chi connectivity index (χ1v) is 10.1. The Morgan fingerprint density at radius 2 is 2.28 bits per heavy atom. The molecule has 3 heterocycles. The second-order valence-electron chi connectivity index (χ2n) is 7.10. The van der Waals surface area contributed by atoms with E-state index >= 15 is 0 Å². The lowest BCUT2D eigenvalue weighted by atomic mass is 9.93. The minimum Gasteiger partial charge on any atom is -0.371 e. The van der Waals surface area contributed by atoms with Crippen LogP contribution >= 0.6 is 24.0 Å². The van der Waals surface area contributed by atoms with Crippen molar-refractivity contribution in [3.05, 3.63) is 30.4 Å². The number of nitrogens with zero attached hydrogens (tertiary/aromatic N) is 6. The summed E-state index contributed by atoms with van der Waals surface area (Å²) in [4.78, 5) is 15.6. The normalized spacial score (nSPS) is 21.0. The molecular weight excluding hydrogens is 485 g/mol. The van der Waals surface area contributed by atoms with Gasteiger partial charge in [-0.1, -0.05) is 12.1 Å². The molecular formula is C19H32IN7O2. The second kappa shape index (κ2) is 11.5. The summed E-state index contributed by atoms with van der Waals surface area (Å²) in [5.41, 5.74) is 0. The smallest absolute Gasteiger partial charge is 0.248 e. The van der Waals surface area contributed by atoms with E-state index < -0.39 is 0 Å². The maximum Gasteiger partial charge on any atom is 0.248 e. The maximum atomic E-state index is 5.51. The van der Waals surface area contributed by atoms with Crippen LogP contribution in [-0.4, -0.2) is 56.8 Å². The van der Waals surface area contributed by atoms with Crippen molar-refractivity contribution in [2.45, 2.75) is 52.8 Å². The Morgan fingerprint density at radius 3 is 2.97 bits per heavy atom. The molecule has 3 atom stereocenters. The molecule has 1 saturated heterocycles. The van der Waals surface area contributed by atoms with E-state index in [2.05, 4.69) is 43.8 Å². The van der Waals surface area contributed by atoms with Gasteiger partial charge in [-0.2, -0.15) is 4.98 Å². The van der Waals surface area contributed by atoms with Gasteiger partial charge in [0.1, 0.15) is 12.6 Å². The van der Waals surface area contributed by atoms with Gasteiger partial charge < -0.3 is 24.0 Å². The summed E-state index contributed by atoms with van der Waals surface area (Å²) in [5.74, 6) is 2.52. The lowest BCUT2D eigenvalue weighted by molar-refractivity contribution is 0.0683. The zero-order valence-corrected chi connectivity index (χ0v) is 19.9. The fraction of sp³-hybridized carbons (Fsp3) is 0.684. The summed E-state index contributed by atoms with van der Waals surface area (Å²) in [6.07, 6.45) is 6.69. The van der Waals surface area contributed by atoms with Crippen molar-refractivity contribution in [3.63, 3.8) is 0 Å². The van der Waals surface area contributed by atoms with Gasteiger partial charge in [0.05, 0.1) is 12.4 Å². The van der Waals surface area contributed by atoms with Gasteiger partial charge in [0, 0.05) is 38.6 Å². The summed E-state index contributed by atoms with van der Waals surface area (Å²) in [7, 11) is 0.